The molecule has 0 saturated heterocycles. The second kappa shape index (κ2) is 6.49. The van der Waals surface area contributed by atoms with Crippen molar-refractivity contribution in [2.75, 3.05) is 11.9 Å². The Labute approximate surface area is 127 Å². The molecule has 2 aromatic carbocycles. The van der Waals surface area contributed by atoms with Crippen LogP contribution in [0.25, 0.3) is 0 Å². The van der Waals surface area contributed by atoms with Gasteiger partial charge in [0.25, 0.3) is 0 Å². The fraction of sp³-hybridized carbons (Fsp3) is 0.143. The molecule has 0 aliphatic heterocycles. The van der Waals surface area contributed by atoms with Gasteiger partial charge in [0.2, 0.25) is 0 Å². The van der Waals surface area contributed by atoms with Crippen molar-refractivity contribution in [3.8, 4) is 0 Å². The van der Waals surface area contributed by atoms with Crippen LogP contribution in [0.3, 0.4) is 0 Å². The quantitative estimate of drug-likeness (QED) is 0.853. The lowest BCUT2D eigenvalue weighted by atomic mass is 10.1. The van der Waals surface area contributed by atoms with Crippen molar-refractivity contribution in [2.45, 2.75) is 6.04 Å². The molecule has 0 aromatic heterocycles. The molecule has 5 heteroatoms. The van der Waals surface area contributed by atoms with E-state index < -0.39 is 0 Å². The van der Waals surface area contributed by atoms with Gasteiger partial charge in [0.15, 0.2) is 0 Å². The minimum absolute atomic E-state index is 0.193. The fourth-order valence-electron chi connectivity index (χ4n) is 1.86. The van der Waals surface area contributed by atoms with Crippen molar-refractivity contribution in [1.29, 1.82) is 0 Å². The van der Waals surface area contributed by atoms with Crippen LogP contribution in [0, 0.1) is 0 Å². The molecule has 0 radical (unpaired) electrons. The van der Waals surface area contributed by atoms with Gasteiger partial charge in [0, 0.05) is 22.2 Å². The Morgan fingerprint density at radius 1 is 0.895 bits per heavy atom. The van der Waals surface area contributed by atoms with Gasteiger partial charge < -0.3 is 11.1 Å². The first kappa shape index (κ1) is 14.5. The van der Waals surface area contributed by atoms with E-state index in [2.05, 4.69) is 5.32 Å². The van der Waals surface area contributed by atoms with Crippen molar-refractivity contribution in [3.05, 3.63) is 63.1 Å². The maximum absolute atomic E-state index is 6.20. The van der Waals surface area contributed by atoms with E-state index in [4.69, 9.17) is 40.5 Å². The zero-order valence-corrected chi connectivity index (χ0v) is 12.3. The summed E-state index contributed by atoms with van der Waals surface area (Å²) in [7, 11) is 0. The number of benzene rings is 2. The highest BCUT2D eigenvalue weighted by Crippen LogP contribution is 2.33. The van der Waals surface area contributed by atoms with E-state index in [0.717, 1.165) is 11.3 Å². The van der Waals surface area contributed by atoms with Gasteiger partial charge in [-0.1, -0.05) is 53.0 Å². The van der Waals surface area contributed by atoms with Crippen molar-refractivity contribution < 1.29 is 0 Å². The summed E-state index contributed by atoms with van der Waals surface area (Å²) in [5, 5.41) is 5.07. The van der Waals surface area contributed by atoms with Crippen molar-refractivity contribution >= 4 is 40.5 Å². The van der Waals surface area contributed by atoms with Gasteiger partial charge in [0.1, 0.15) is 0 Å². The van der Waals surface area contributed by atoms with Crippen LogP contribution in [0.4, 0.5) is 5.69 Å². The maximum atomic E-state index is 6.20. The number of hydrogen-bond donors (Lipinski definition) is 2. The third-order valence-corrected chi connectivity index (χ3v) is 3.78. The predicted molar refractivity (Wildman–Crippen MR) is 83.3 cm³/mol. The minimum atomic E-state index is -0.193. The number of para-hydroxylation sites is 1. The standard InChI is InChI=1S/C14H13Cl3N2/c15-9-4-1-2-7-12(9)19-13(8-18)14-10(16)5-3-6-11(14)17/h1-7,13,19H,8,18H2. The average Bonchev–Trinajstić information content (AvgIpc) is 2.39. The molecule has 0 saturated carbocycles. The van der Waals surface area contributed by atoms with Gasteiger partial charge >= 0.3 is 0 Å². The first-order valence-electron chi connectivity index (χ1n) is 5.78. The first-order valence-corrected chi connectivity index (χ1v) is 6.92. The molecule has 100 valence electrons. The molecule has 0 amide bonds. The molecule has 2 nitrogen and oxygen atoms in total. The lowest BCUT2D eigenvalue weighted by molar-refractivity contribution is 0.790. The lowest BCUT2D eigenvalue weighted by Gasteiger charge is -2.21. The molecule has 3 N–H and O–H groups in total. The molecule has 0 heterocycles. The number of halogens is 3. The number of hydrogen-bond acceptors (Lipinski definition) is 2. The topological polar surface area (TPSA) is 38.0 Å². The van der Waals surface area contributed by atoms with Crippen LogP contribution in [0.1, 0.15) is 11.6 Å². The summed E-state index contributed by atoms with van der Waals surface area (Å²) in [5.41, 5.74) is 7.40. The van der Waals surface area contributed by atoms with E-state index in [0.29, 0.717) is 21.6 Å². The van der Waals surface area contributed by atoms with E-state index in [1.165, 1.54) is 0 Å². The molecular formula is C14H13Cl3N2. The smallest absolute Gasteiger partial charge is 0.0666 e. The molecule has 0 spiro atoms. The molecule has 1 unspecified atom stereocenters. The molecular weight excluding hydrogens is 303 g/mol. The van der Waals surface area contributed by atoms with Crippen LogP contribution < -0.4 is 11.1 Å². The lowest BCUT2D eigenvalue weighted by Crippen LogP contribution is -2.21. The van der Waals surface area contributed by atoms with Crippen LogP contribution in [0.5, 0.6) is 0 Å². The molecule has 0 fully saturated rings. The third kappa shape index (κ3) is 3.34. The van der Waals surface area contributed by atoms with Gasteiger partial charge in [-0.05, 0) is 24.3 Å². The van der Waals surface area contributed by atoms with E-state index in [1.807, 2.05) is 24.3 Å². The average molecular weight is 316 g/mol. The minimum Gasteiger partial charge on any atom is -0.376 e. The number of anilines is 1. The first-order chi connectivity index (χ1) is 9.13. The highest BCUT2D eigenvalue weighted by Gasteiger charge is 2.17. The van der Waals surface area contributed by atoms with Gasteiger partial charge in [-0.3, -0.25) is 0 Å². The molecule has 19 heavy (non-hydrogen) atoms. The Morgan fingerprint density at radius 2 is 1.47 bits per heavy atom. The number of nitrogens with one attached hydrogen (secondary N) is 1. The second-order valence-electron chi connectivity index (χ2n) is 4.05. The van der Waals surface area contributed by atoms with E-state index in [-0.39, 0.29) is 6.04 Å². The van der Waals surface area contributed by atoms with Gasteiger partial charge in [0.05, 0.1) is 16.8 Å². The van der Waals surface area contributed by atoms with Crippen LogP contribution in [0.15, 0.2) is 42.5 Å². The maximum Gasteiger partial charge on any atom is 0.0666 e. The summed E-state index contributed by atoms with van der Waals surface area (Å²) in [6, 6.07) is 12.7. The molecule has 0 bridgehead atoms. The summed E-state index contributed by atoms with van der Waals surface area (Å²) >= 11 is 18.5. The fourth-order valence-corrected chi connectivity index (χ4v) is 2.71. The normalized spacial score (nSPS) is 12.2. The largest absolute Gasteiger partial charge is 0.376 e. The summed E-state index contributed by atoms with van der Waals surface area (Å²) in [6.45, 7) is 0.356. The Morgan fingerprint density at radius 3 is 2.05 bits per heavy atom. The summed E-state index contributed by atoms with van der Waals surface area (Å²) in [5.74, 6) is 0. The van der Waals surface area contributed by atoms with Crippen LogP contribution in [0.2, 0.25) is 15.1 Å². The Balaban J connectivity index is 2.34. The van der Waals surface area contributed by atoms with Crippen molar-refractivity contribution in [1.82, 2.24) is 0 Å². The van der Waals surface area contributed by atoms with Gasteiger partial charge in [-0.15, -0.1) is 0 Å². The SMILES string of the molecule is NCC(Nc1ccccc1Cl)c1c(Cl)cccc1Cl. The highest BCUT2D eigenvalue weighted by molar-refractivity contribution is 6.36. The van der Waals surface area contributed by atoms with E-state index in [9.17, 15) is 0 Å². The molecule has 0 aliphatic rings. The van der Waals surface area contributed by atoms with Crippen LogP contribution in [-0.4, -0.2) is 6.54 Å². The molecule has 2 aromatic rings. The third-order valence-electron chi connectivity index (χ3n) is 2.79. The van der Waals surface area contributed by atoms with E-state index >= 15 is 0 Å². The summed E-state index contributed by atoms with van der Waals surface area (Å²) < 4.78 is 0. The zero-order valence-electron chi connectivity index (χ0n) is 10.0. The van der Waals surface area contributed by atoms with Gasteiger partial charge in [-0.25, -0.2) is 0 Å². The number of rotatable bonds is 4. The van der Waals surface area contributed by atoms with Gasteiger partial charge in [-0.2, -0.15) is 0 Å². The second-order valence-corrected chi connectivity index (χ2v) is 5.27. The Bertz CT molecular complexity index is 552. The summed E-state index contributed by atoms with van der Waals surface area (Å²) in [6.07, 6.45) is 0. The highest BCUT2D eigenvalue weighted by atomic mass is 35.5. The van der Waals surface area contributed by atoms with E-state index in [1.54, 1.807) is 18.2 Å². The molecule has 1 atom stereocenters. The van der Waals surface area contributed by atoms with Crippen molar-refractivity contribution in [2.24, 2.45) is 5.73 Å². The van der Waals surface area contributed by atoms with Crippen molar-refractivity contribution in [3.63, 3.8) is 0 Å². The monoisotopic (exact) mass is 314 g/mol. The predicted octanol–water partition coefficient (Wildman–Crippen LogP) is 4.76. The zero-order chi connectivity index (χ0) is 13.8. The Hall–Kier alpha value is -0.930. The van der Waals surface area contributed by atoms with Crippen LogP contribution >= 0.6 is 34.8 Å². The Kier molecular flexibility index (Phi) is 4.94. The van der Waals surface area contributed by atoms with Crippen LogP contribution in [-0.2, 0) is 0 Å². The molecule has 0 aliphatic carbocycles. The number of nitrogens with two attached hydrogens (primary N) is 1. The molecule has 2 rings (SSSR count). The summed E-state index contributed by atoms with van der Waals surface area (Å²) in [4.78, 5) is 0.